The van der Waals surface area contributed by atoms with Gasteiger partial charge < -0.3 is 4.90 Å². The first-order chi connectivity index (χ1) is 11.3. The number of para-hydroxylation sites is 1. The maximum atomic E-state index is 6.22. The number of rotatable bonds is 3. The zero-order chi connectivity index (χ0) is 15.6. The molecule has 0 N–H and O–H groups in total. The molecule has 0 radical (unpaired) electrons. The van der Waals surface area contributed by atoms with Crippen LogP contribution in [-0.4, -0.2) is 11.0 Å². The molecule has 2 aromatic carbocycles. The van der Waals surface area contributed by atoms with Crippen molar-refractivity contribution >= 4 is 23.0 Å². The van der Waals surface area contributed by atoms with Gasteiger partial charge in [0.1, 0.15) is 0 Å². The molecule has 1 unspecified atom stereocenters. The van der Waals surface area contributed by atoms with E-state index in [0.717, 1.165) is 23.6 Å². The topological polar surface area (TPSA) is 16.1 Å². The number of hydrogen-bond acceptors (Lipinski definition) is 2. The van der Waals surface area contributed by atoms with Crippen molar-refractivity contribution in [2.75, 3.05) is 4.90 Å². The average molecular weight is 321 g/mol. The standard InChI is InChI=1S/C20H17ClN2/c21-17-5-3-6-18(14-17)23-19(12-15-8-10-22-11-9-15)13-16-4-1-2-7-20(16)23/h1-11,14,19H,12-13H2. The first kappa shape index (κ1) is 14.3. The second-order valence-corrected chi connectivity index (χ2v) is 6.33. The van der Waals surface area contributed by atoms with Gasteiger partial charge in [0.15, 0.2) is 0 Å². The Morgan fingerprint density at radius 2 is 1.83 bits per heavy atom. The van der Waals surface area contributed by atoms with E-state index in [1.54, 1.807) is 0 Å². The molecule has 4 rings (SSSR count). The van der Waals surface area contributed by atoms with Gasteiger partial charge in [-0.05, 0) is 60.4 Å². The van der Waals surface area contributed by atoms with Gasteiger partial charge >= 0.3 is 0 Å². The quantitative estimate of drug-likeness (QED) is 0.672. The van der Waals surface area contributed by atoms with Crippen LogP contribution in [0, 0.1) is 0 Å². The molecule has 1 aromatic heterocycles. The van der Waals surface area contributed by atoms with E-state index < -0.39 is 0 Å². The predicted octanol–water partition coefficient (Wildman–Crippen LogP) is 5.04. The van der Waals surface area contributed by atoms with E-state index >= 15 is 0 Å². The highest BCUT2D eigenvalue weighted by Crippen LogP contribution is 2.39. The maximum absolute atomic E-state index is 6.22. The Morgan fingerprint density at radius 1 is 1.00 bits per heavy atom. The number of anilines is 2. The zero-order valence-electron chi connectivity index (χ0n) is 12.7. The van der Waals surface area contributed by atoms with Crippen LogP contribution in [0.5, 0.6) is 0 Å². The number of benzene rings is 2. The molecule has 2 nitrogen and oxygen atoms in total. The van der Waals surface area contributed by atoms with Crippen molar-refractivity contribution in [3.63, 3.8) is 0 Å². The van der Waals surface area contributed by atoms with E-state index in [2.05, 4.69) is 52.3 Å². The Morgan fingerprint density at radius 3 is 2.65 bits per heavy atom. The fourth-order valence-corrected chi connectivity index (χ4v) is 3.58. The minimum absolute atomic E-state index is 0.397. The second kappa shape index (κ2) is 6.05. The lowest BCUT2D eigenvalue weighted by Crippen LogP contribution is -2.29. The van der Waals surface area contributed by atoms with Crippen LogP contribution in [0.3, 0.4) is 0 Å². The van der Waals surface area contributed by atoms with Gasteiger partial charge in [0.2, 0.25) is 0 Å². The van der Waals surface area contributed by atoms with Gasteiger partial charge in [-0.15, -0.1) is 0 Å². The third-order valence-corrected chi connectivity index (χ3v) is 4.61. The highest BCUT2D eigenvalue weighted by molar-refractivity contribution is 6.30. The monoisotopic (exact) mass is 320 g/mol. The summed E-state index contributed by atoms with van der Waals surface area (Å²) in [4.78, 5) is 6.54. The smallest absolute Gasteiger partial charge is 0.0446 e. The van der Waals surface area contributed by atoms with Crippen LogP contribution < -0.4 is 4.90 Å². The van der Waals surface area contributed by atoms with Crippen molar-refractivity contribution in [2.45, 2.75) is 18.9 Å². The lowest BCUT2D eigenvalue weighted by Gasteiger charge is -2.28. The first-order valence-electron chi connectivity index (χ1n) is 7.83. The van der Waals surface area contributed by atoms with E-state index in [0.29, 0.717) is 6.04 Å². The van der Waals surface area contributed by atoms with E-state index in [1.807, 2.05) is 30.6 Å². The second-order valence-electron chi connectivity index (χ2n) is 5.90. The summed E-state index contributed by atoms with van der Waals surface area (Å²) >= 11 is 6.22. The number of fused-ring (bicyclic) bond motifs is 1. The molecule has 3 aromatic rings. The van der Waals surface area contributed by atoms with Gasteiger partial charge in [-0.1, -0.05) is 35.9 Å². The Balaban J connectivity index is 1.74. The van der Waals surface area contributed by atoms with Crippen molar-refractivity contribution in [1.29, 1.82) is 0 Å². The van der Waals surface area contributed by atoms with Crippen LogP contribution in [0.1, 0.15) is 11.1 Å². The minimum Gasteiger partial charge on any atom is -0.337 e. The normalized spacial score (nSPS) is 16.4. The van der Waals surface area contributed by atoms with Crippen molar-refractivity contribution in [1.82, 2.24) is 4.98 Å². The number of nitrogens with zero attached hydrogens (tertiary/aromatic N) is 2. The zero-order valence-corrected chi connectivity index (χ0v) is 13.4. The molecule has 1 atom stereocenters. The largest absolute Gasteiger partial charge is 0.337 e. The molecule has 0 amide bonds. The number of halogens is 1. The predicted molar refractivity (Wildman–Crippen MR) is 95.5 cm³/mol. The van der Waals surface area contributed by atoms with E-state index in [4.69, 9.17) is 11.6 Å². The molecule has 0 aliphatic carbocycles. The summed E-state index contributed by atoms with van der Waals surface area (Å²) in [6, 6.07) is 21.3. The van der Waals surface area contributed by atoms with Crippen LogP contribution in [0.15, 0.2) is 73.1 Å². The molecular weight excluding hydrogens is 304 g/mol. The molecule has 0 fully saturated rings. The maximum Gasteiger partial charge on any atom is 0.0446 e. The van der Waals surface area contributed by atoms with Gasteiger partial charge in [0, 0.05) is 34.8 Å². The van der Waals surface area contributed by atoms with Gasteiger partial charge in [-0.25, -0.2) is 0 Å². The summed E-state index contributed by atoms with van der Waals surface area (Å²) in [5, 5.41) is 0.773. The Kier molecular flexibility index (Phi) is 3.76. The fourth-order valence-electron chi connectivity index (χ4n) is 3.39. The van der Waals surface area contributed by atoms with Crippen molar-refractivity contribution < 1.29 is 0 Å². The van der Waals surface area contributed by atoms with E-state index in [-0.39, 0.29) is 0 Å². The molecule has 0 bridgehead atoms. The highest BCUT2D eigenvalue weighted by atomic mass is 35.5. The summed E-state index contributed by atoms with van der Waals surface area (Å²) in [7, 11) is 0. The lowest BCUT2D eigenvalue weighted by atomic mass is 10.0. The number of hydrogen-bond donors (Lipinski definition) is 0. The molecule has 2 heterocycles. The van der Waals surface area contributed by atoms with Crippen molar-refractivity contribution in [3.05, 3.63) is 89.2 Å². The first-order valence-corrected chi connectivity index (χ1v) is 8.21. The third-order valence-electron chi connectivity index (χ3n) is 4.38. The van der Waals surface area contributed by atoms with Gasteiger partial charge in [0.25, 0.3) is 0 Å². The van der Waals surface area contributed by atoms with Crippen molar-refractivity contribution in [2.24, 2.45) is 0 Å². The third kappa shape index (κ3) is 2.82. The average Bonchev–Trinajstić information content (AvgIpc) is 2.93. The summed E-state index contributed by atoms with van der Waals surface area (Å²) in [5.41, 5.74) is 5.15. The van der Waals surface area contributed by atoms with Crippen LogP contribution >= 0.6 is 11.6 Å². The molecule has 0 spiro atoms. The van der Waals surface area contributed by atoms with Crippen LogP contribution in [0.2, 0.25) is 5.02 Å². The Hall–Kier alpha value is -2.32. The van der Waals surface area contributed by atoms with Crippen LogP contribution in [-0.2, 0) is 12.8 Å². The van der Waals surface area contributed by atoms with Gasteiger partial charge in [-0.3, -0.25) is 4.98 Å². The molecule has 1 aliphatic heterocycles. The molecule has 0 saturated carbocycles. The number of aromatic nitrogens is 1. The summed E-state index contributed by atoms with van der Waals surface area (Å²) in [5.74, 6) is 0. The van der Waals surface area contributed by atoms with Crippen LogP contribution in [0.4, 0.5) is 11.4 Å². The van der Waals surface area contributed by atoms with Crippen molar-refractivity contribution in [3.8, 4) is 0 Å². The summed E-state index contributed by atoms with van der Waals surface area (Å²) in [6.07, 6.45) is 5.76. The Bertz CT molecular complexity index is 817. The SMILES string of the molecule is Clc1cccc(N2c3ccccc3CC2Cc2ccncc2)c1. The minimum atomic E-state index is 0.397. The summed E-state index contributed by atoms with van der Waals surface area (Å²) < 4.78 is 0. The number of pyridine rings is 1. The van der Waals surface area contributed by atoms with Crippen LogP contribution in [0.25, 0.3) is 0 Å². The molecule has 3 heteroatoms. The van der Waals surface area contributed by atoms with Gasteiger partial charge in [0.05, 0.1) is 0 Å². The molecule has 0 saturated heterocycles. The van der Waals surface area contributed by atoms with Gasteiger partial charge in [-0.2, -0.15) is 0 Å². The molecule has 23 heavy (non-hydrogen) atoms. The highest BCUT2D eigenvalue weighted by Gasteiger charge is 2.30. The molecular formula is C20H17ClN2. The van der Waals surface area contributed by atoms with E-state index in [9.17, 15) is 0 Å². The fraction of sp³-hybridized carbons (Fsp3) is 0.150. The lowest BCUT2D eigenvalue weighted by molar-refractivity contribution is 0.682. The summed E-state index contributed by atoms with van der Waals surface area (Å²) in [6.45, 7) is 0. The Labute approximate surface area is 141 Å². The van der Waals surface area contributed by atoms with E-state index in [1.165, 1.54) is 16.8 Å². The molecule has 1 aliphatic rings. The molecule has 114 valence electrons.